The first-order valence-electron chi connectivity index (χ1n) is 6.40. The third kappa shape index (κ3) is 4.07. The van der Waals surface area contributed by atoms with Gasteiger partial charge in [0.15, 0.2) is 0 Å². The summed E-state index contributed by atoms with van der Waals surface area (Å²) in [5.41, 5.74) is 1.91. The number of halogens is 1. The highest BCUT2D eigenvalue weighted by Gasteiger charge is 2.10. The van der Waals surface area contributed by atoms with Crippen LogP contribution in [0.2, 0.25) is 4.34 Å². The van der Waals surface area contributed by atoms with E-state index in [0.29, 0.717) is 0 Å². The summed E-state index contributed by atoms with van der Waals surface area (Å²) in [6.07, 6.45) is 0. The Kier molecular flexibility index (Phi) is 5.17. The van der Waals surface area contributed by atoms with Gasteiger partial charge in [-0.25, -0.2) is 0 Å². The summed E-state index contributed by atoms with van der Waals surface area (Å²) in [6, 6.07) is 11.7. The van der Waals surface area contributed by atoms with Crippen LogP contribution in [-0.4, -0.2) is 12.5 Å². The fraction of sp³-hybridized carbons (Fsp3) is 0.267. The van der Waals surface area contributed by atoms with Crippen molar-refractivity contribution in [3.63, 3.8) is 0 Å². The zero-order valence-electron chi connectivity index (χ0n) is 11.4. The lowest BCUT2D eigenvalue weighted by Crippen LogP contribution is -2.29. The van der Waals surface area contributed by atoms with Gasteiger partial charge in [0.05, 0.1) is 10.9 Å². The van der Waals surface area contributed by atoms with E-state index < -0.39 is 0 Å². The maximum absolute atomic E-state index is 11.9. The molecule has 1 atom stereocenters. The number of para-hydroxylation sites is 1. The number of aryl methyl sites for hydroxylation is 1. The van der Waals surface area contributed by atoms with Crippen LogP contribution in [0.5, 0.6) is 0 Å². The standard InChI is InChI=1S/C15H17ClN2OS/c1-10-5-3-4-6-12(10)18-15(19)9-17-11(2)13-7-8-14(16)20-13/h3-8,11,17H,9H2,1-2H3,(H,18,19). The van der Waals surface area contributed by atoms with Gasteiger partial charge in [0.1, 0.15) is 0 Å². The highest BCUT2D eigenvalue weighted by atomic mass is 35.5. The van der Waals surface area contributed by atoms with Crippen LogP contribution in [-0.2, 0) is 4.79 Å². The summed E-state index contributed by atoms with van der Waals surface area (Å²) in [5, 5.41) is 6.09. The minimum Gasteiger partial charge on any atom is -0.325 e. The second-order valence-electron chi connectivity index (χ2n) is 4.61. The largest absolute Gasteiger partial charge is 0.325 e. The molecule has 5 heteroatoms. The molecule has 1 unspecified atom stereocenters. The number of nitrogens with one attached hydrogen (secondary N) is 2. The first-order chi connectivity index (χ1) is 9.56. The SMILES string of the molecule is Cc1ccccc1NC(=O)CNC(C)c1ccc(Cl)s1. The second kappa shape index (κ2) is 6.88. The van der Waals surface area contributed by atoms with Crippen LogP contribution in [0.25, 0.3) is 0 Å². The van der Waals surface area contributed by atoms with Crippen LogP contribution >= 0.6 is 22.9 Å². The predicted molar refractivity (Wildman–Crippen MR) is 85.6 cm³/mol. The summed E-state index contributed by atoms with van der Waals surface area (Å²) >= 11 is 7.43. The molecular weight excluding hydrogens is 292 g/mol. The molecule has 1 aromatic heterocycles. The number of hydrogen-bond acceptors (Lipinski definition) is 3. The van der Waals surface area contributed by atoms with E-state index in [1.54, 1.807) is 0 Å². The average molecular weight is 309 g/mol. The minimum atomic E-state index is -0.0474. The molecule has 1 heterocycles. The number of hydrogen-bond donors (Lipinski definition) is 2. The highest BCUT2D eigenvalue weighted by molar-refractivity contribution is 7.16. The summed E-state index contributed by atoms with van der Waals surface area (Å²) < 4.78 is 0.762. The number of thiophene rings is 1. The molecule has 0 radical (unpaired) electrons. The Balaban J connectivity index is 1.85. The van der Waals surface area contributed by atoms with Gasteiger partial charge in [-0.05, 0) is 37.6 Å². The van der Waals surface area contributed by atoms with E-state index in [-0.39, 0.29) is 18.5 Å². The van der Waals surface area contributed by atoms with E-state index in [4.69, 9.17) is 11.6 Å². The van der Waals surface area contributed by atoms with Crippen molar-refractivity contribution in [1.29, 1.82) is 0 Å². The number of amides is 1. The summed E-state index contributed by atoms with van der Waals surface area (Å²) in [7, 11) is 0. The van der Waals surface area contributed by atoms with Gasteiger partial charge in [-0.1, -0.05) is 29.8 Å². The number of benzene rings is 1. The third-order valence-electron chi connectivity index (χ3n) is 3.01. The molecular formula is C15H17ClN2OS. The molecule has 1 amide bonds. The lowest BCUT2D eigenvalue weighted by molar-refractivity contribution is -0.115. The summed E-state index contributed by atoms with van der Waals surface area (Å²) in [6.45, 7) is 4.26. The Labute approximate surface area is 128 Å². The maximum Gasteiger partial charge on any atom is 0.238 e. The van der Waals surface area contributed by atoms with Crippen LogP contribution in [0, 0.1) is 6.92 Å². The molecule has 0 fully saturated rings. The molecule has 2 N–H and O–H groups in total. The van der Waals surface area contributed by atoms with Crippen molar-refractivity contribution in [2.75, 3.05) is 11.9 Å². The second-order valence-corrected chi connectivity index (χ2v) is 6.35. The number of rotatable bonds is 5. The quantitative estimate of drug-likeness (QED) is 0.876. The van der Waals surface area contributed by atoms with Crippen LogP contribution in [0.4, 0.5) is 5.69 Å². The molecule has 1 aromatic carbocycles. The number of carbonyl (C=O) groups excluding carboxylic acids is 1. The Morgan fingerprint density at radius 3 is 2.70 bits per heavy atom. The maximum atomic E-state index is 11.9. The Bertz CT molecular complexity index is 597. The van der Waals surface area contributed by atoms with Gasteiger partial charge in [0.25, 0.3) is 0 Å². The van der Waals surface area contributed by atoms with E-state index in [1.165, 1.54) is 11.3 Å². The van der Waals surface area contributed by atoms with Crippen LogP contribution in [0.15, 0.2) is 36.4 Å². The molecule has 0 saturated carbocycles. The molecule has 3 nitrogen and oxygen atoms in total. The lowest BCUT2D eigenvalue weighted by atomic mass is 10.2. The first-order valence-corrected chi connectivity index (χ1v) is 7.60. The lowest BCUT2D eigenvalue weighted by Gasteiger charge is -2.13. The number of anilines is 1. The van der Waals surface area contributed by atoms with Gasteiger partial charge in [0.2, 0.25) is 5.91 Å². The van der Waals surface area contributed by atoms with Crippen molar-refractivity contribution in [1.82, 2.24) is 5.32 Å². The van der Waals surface area contributed by atoms with E-state index in [9.17, 15) is 4.79 Å². The smallest absolute Gasteiger partial charge is 0.238 e. The fourth-order valence-electron chi connectivity index (χ4n) is 1.81. The first kappa shape index (κ1) is 15.0. The molecule has 106 valence electrons. The van der Waals surface area contributed by atoms with Crippen molar-refractivity contribution in [2.45, 2.75) is 19.9 Å². The van der Waals surface area contributed by atoms with Crippen molar-refractivity contribution in [3.05, 3.63) is 51.2 Å². The Morgan fingerprint density at radius 2 is 2.05 bits per heavy atom. The molecule has 0 aliphatic carbocycles. The van der Waals surface area contributed by atoms with Crippen molar-refractivity contribution in [3.8, 4) is 0 Å². The highest BCUT2D eigenvalue weighted by Crippen LogP contribution is 2.26. The van der Waals surface area contributed by atoms with Gasteiger partial charge in [0, 0.05) is 16.6 Å². The molecule has 0 saturated heterocycles. The molecule has 0 bridgehead atoms. The fourth-order valence-corrected chi connectivity index (χ4v) is 2.90. The summed E-state index contributed by atoms with van der Waals surface area (Å²) in [4.78, 5) is 13.0. The molecule has 2 rings (SSSR count). The van der Waals surface area contributed by atoms with Crippen LogP contribution < -0.4 is 10.6 Å². The van der Waals surface area contributed by atoms with Crippen LogP contribution in [0.3, 0.4) is 0 Å². The van der Waals surface area contributed by atoms with Gasteiger partial charge < -0.3 is 10.6 Å². The summed E-state index contributed by atoms with van der Waals surface area (Å²) in [5.74, 6) is -0.0474. The zero-order chi connectivity index (χ0) is 14.5. The van der Waals surface area contributed by atoms with E-state index in [1.807, 2.05) is 50.2 Å². The predicted octanol–water partition coefficient (Wildman–Crippen LogP) is 4.00. The molecule has 20 heavy (non-hydrogen) atoms. The molecule has 0 aliphatic heterocycles. The van der Waals surface area contributed by atoms with E-state index in [0.717, 1.165) is 20.5 Å². The van der Waals surface area contributed by atoms with Crippen molar-refractivity contribution < 1.29 is 4.79 Å². The average Bonchev–Trinajstić information content (AvgIpc) is 2.85. The van der Waals surface area contributed by atoms with Gasteiger partial charge in [-0.3, -0.25) is 4.79 Å². The molecule has 0 spiro atoms. The zero-order valence-corrected chi connectivity index (χ0v) is 13.0. The topological polar surface area (TPSA) is 41.1 Å². The van der Waals surface area contributed by atoms with E-state index in [2.05, 4.69) is 10.6 Å². The Hall–Kier alpha value is -1.36. The monoisotopic (exact) mass is 308 g/mol. The third-order valence-corrected chi connectivity index (χ3v) is 4.42. The number of carbonyl (C=O) groups is 1. The van der Waals surface area contributed by atoms with Crippen LogP contribution in [0.1, 0.15) is 23.4 Å². The van der Waals surface area contributed by atoms with Gasteiger partial charge >= 0.3 is 0 Å². The van der Waals surface area contributed by atoms with Gasteiger partial charge in [-0.2, -0.15) is 0 Å². The minimum absolute atomic E-state index is 0.0474. The Morgan fingerprint density at radius 1 is 1.30 bits per heavy atom. The van der Waals surface area contributed by atoms with Crippen molar-refractivity contribution >= 4 is 34.5 Å². The van der Waals surface area contributed by atoms with Gasteiger partial charge in [-0.15, -0.1) is 11.3 Å². The molecule has 2 aromatic rings. The normalized spacial score (nSPS) is 12.2. The van der Waals surface area contributed by atoms with Crippen molar-refractivity contribution in [2.24, 2.45) is 0 Å². The molecule has 0 aliphatic rings. The van der Waals surface area contributed by atoms with E-state index >= 15 is 0 Å².